The summed E-state index contributed by atoms with van der Waals surface area (Å²) in [6.45, 7) is 3.68. The molecule has 1 aliphatic carbocycles. The minimum Gasteiger partial charge on any atom is -0.481 e. The number of carbonyl (C=O) groups excluding carboxylic acids is 1. The molecule has 2 aromatic rings. The highest BCUT2D eigenvalue weighted by molar-refractivity contribution is 6.31. The lowest BCUT2D eigenvalue weighted by Gasteiger charge is -2.29. The maximum atomic E-state index is 12.3. The number of benzene rings is 1. The molecule has 0 saturated heterocycles. The van der Waals surface area contributed by atoms with Crippen molar-refractivity contribution in [2.45, 2.75) is 51.7 Å². The SMILES string of the molecule is CC(=O)O.Cc1[nH]c2ccc(Cl)cc2c1CCNC(=O)[C@H]1CC[C@@H](N)[C@H](O)C1. The van der Waals surface area contributed by atoms with Gasteiger partial charge in [-0.25, -0.2) is 0 Å². The number of hydrogen-bond acceptors (Lipinski definition) is 4. The number of aromatic nitrogens is 1. The van der Waals surface area contributed by atoms with Gasteiger partial charge in [-0.1, -0.05) is 11.6 Å². The van der Waals surface area contributed by atoms with Crippen LogP contribution in [0.2, 0.25) is 5.02 Å². The van der Waals surface area contributed by atoms with Crippen LogP contribution in [-0.2, 0) is 16.0 Å². The maximum Gasteiger partial charge on any atom is 0.300 e. The molecule has 0 aliphatic heterocycles. The molecular formula is C20H28ClN3O4. The quantitative estimate of drug-likeness (QED) is 0.529. The molecule has 28 heavy (non-hydrogen) atoms. The standard InChI is InChI=1S/C18H24ClN3O2.C2H4O2/c1-10-13(14-9-12(19)3-5-16(14)22-10)6-7-21-18(24)11-2-4-15(20)17(23)8-11;1-2(3)4/h3,5,9,11,15,17,22-23H,2,4,6-8,20H2,1H3,(H,21,24);1H3,(H,3,4)/t11-,15+,17+;/m0./s1. The van der Waals surface area contributed by atoms with E-state index >= 15 is 0 Å². The van der Waals surface area contributed by atoms with Crippen LogP contribution in [0.1, 0.15) is 37.4 Å². The number of carboxylic acids is 1. The van der Waals surface area contributed by atoms with E-state index in [2.05, 4.69) is 10.3 Å². The molecule has 1 fully saturated rings. The Balaban J connectivity index is 0.000000640. The first-order chi connectivity index (χ1) is 13.2. The summed E-state index contributed by atoms with van der Waals surface area (Å²) >= 11 is 6.09. The monoisotopic (exact) mass is 409 g/mol. The molecule has 3 atom stereocenters. The Morgan fingerprint density at radius 3 is 2.68 bits per heavy atom. The van der Waals surface area contributed by atoms with Crippen LogP contribution in [0, 0.1) is 12.8 Å². The van der Waals surface area contributed by atoms with Gasteiger partial charge in [0.15, 0.2) is 0 Å². The van der Waals surface area contributed by atoms with Gasteiger partial charge < -0.3 is 26.2 Å². The first-order valence-corrected chi connectivity index (χ1v) is 9.74. The van der Waals surface area contributed by atoms with Crippen molar-refractivity contribution >= 4 is 34.4 Å². The van der Waals surface area contributed by atoms with Gasteiger partial charge in [0.2, 0.25) is 5.91 Å². The summed E-state index contributed by atoms with van der Waals surface area (Å²) in [7, 11) is 0. The van der Waals surface area contributed by atoms with Crippen molar-refractivity contribution in [1.29, 1.82) is 0 Å². The zero-order valence-electron chi connectivity index (χ0n) is 16.2. The molecule has 1 heterocycles. The average Bonchev–Trinajstić information content (AvgIpc) is 2.92. The number of halogens is 1. The Bertz CT molecular complexity index is 832. The lowest BCUT2D eigenvalue weighted by Crippen LogP contribution is -2.44. The second kappa shape index (κ2) is 9.91. The number of aliphatic hydroxyl groups is 1. The number of aromatic amines is 1. The van der Waals surface area contributed by atoms with E-state index in [1.807, 2.05) is 25.1 Å². The topological polar surface area (TPSA) is 128 Å². The summed E-state index contributed by atoms with van der Waals surface area (Å²) in [5, 5.41) is 22.1. The smallest absolute Gasteiger partial charge is 0.300 e. The lowest BCUT2D eigenvalue weighted by atomic mass is 9.84. The summed E-state index contributed by atoms with van der Waals surface area (Å²) in [5.41, 5.74) is 9.13. The van der Waals surface area contributed by atoms with E-state index in [1.54, 1.807) is 0 Å². The van der Waals surface area contributed by atoms with Gasteiger partial charge in [0.25, 0.3) is 5.97 Å². The molecule has 0 unspecified atom stereocenters. The number of nitrogens with one attached hydrogen (secondary N) is 2. The highest BCUT2D eigenvalue weighted by Gasteiger charge is 2.30. The lowest BCUT2D eigenvalue weighted by molar-refractivity contribution is -0.134. The number of amides is 1. The van der Waals surface area contributed by atoms with Crippen LogP contribution >= 0.6 is 11.6 Å². The molecule has 0 spiro atoms. The molecule has 154 valence electrons. The summed E-state index contributed by atoms with van der Waals surface area (Å²) in [6.07, 6.45) is 2.06. The molecular weight excluding hydrogens is 382 g/mol. The third-order valence-electron chi connectivity index (χ3n) is 5.00. The normalized spacial score (nSPS) is 21.7. The Hall–Kier alpha value is -2.09. The van der Waals surface area contributed by atoms with Gasteiger partial charge in [-0.05, 0) is 56.4 Å². The third-order valence-corrected chi connectivity index (χ3v) is 5.23. The zero-order chi connectivity index (χ0) is 20.8. The van der Waals surface area contributed by atoms with Gasteiger partial charge in [-0.3, -0.25) is 9.59 Å². The van der Waals surface area contributed by atoms with Crippen molar-refractivity contribution in [3.63, 3.8) is 0 Å². The Labute approximate surface area is 169 Å². The van der Waals surface area contributed by atoms with Gasteiger partial charge in [0.05, 0.1) is 6.10 Å². The van der Waals surface area contributed by atoms with E-state index in [4.69, 9.17) is 27.2 Å². The van der Waals surface area contributed by atoms with E-state index in [0.29, 0.717) is 24.4 Å². The van der Waals surface area contributed by atoms with Crippen molar-refractivity contribution in [3.8, 4) is 0 Å². The fourth-order valence-corrected chi connectivity index (χ4v) is 3.71. The van der Waals surface area contributed by atoms with Crippen LogP contribution in [0.3, 0.4) is 0 Å². The minimum atomic E-state index is -0.833. The summed E-state index contributed by atoms with van der Waals surface area (Å²) < 4.78 is 0. The van der Waals surface area contributed by atoms with Crippen LogP contribution in [0.5, 0.6) is 0 Å². The van der Waals surface area contributed by atoms with Crippen molar-refractivity contribution in [2.75, 3.05) is 6.54 Å². The van der Waals surface area contributed by atoms with Crippen LogP contribution in [-0.4, -0.2) is 45.8 Å². The molecule has 8 heteroatoms. The molecule has 1 amide bonds. The number of carbonyl (C=O) groups is 2. The van der Waals surface area contributed by atoms with Crippen LogP contribution in [0.4, 0.5) is 0 Å². The predicted molar refractivity (Wildman–Crippen MR) is 109 cm³/mol. The Morgan fingerprint density at radius 2 is 2.04 bits per heavy atom. The molecule has 1 aromatic carbocycles. The number of aryl methyl sites for hydroxylation is 1. The predicted octanol–water partition coefficient (Wildman–Crippen LogP) is 2.37. The molecule has 1 aliphatic rings. The van der Waals surface area contributed by atoms with Crippen LogP contribution in [0.25, 0.3) is 10.9 Å². The summed E-state index contributed by atoms with van der Waals surface area (Å²) in [4.78, 5) is 24.6. The second-order valence-electron chi connectivity index (χ2n) is 7.22. The maximum absolute atomic E-state index is 12.3. The van der Waals surface area contributed by atoms with Crippen LogP contribution < -0.4 is 11.1 Å². The molecule has 7 nitrogen and oxygen atoms in total. The van der Waals surface area contributed by atoms with Gasteiger partial charge in [-0.2, -0.15) is 0 Å². The fourth-order valence-electron chi connectivity index (χ4n) is 3.54. The molecule has 1 saturated carbocycles. The summed E-state index contributed by atoms with van der Waals surface area (Å²) in [5.74, 6) is -0.963. The zero-order valence-corrected chi connectivity index (χ0v) is 16.9. The van der Waals surface area contributed by atoms with Crippen LogP contribution in [0.15, 0.2) is 18.2 Å². The highest BCUT2D eigenvalue weighted by Crippen LogP contribution is 2.26. The Morgan fingerprint density at radius 1 is 1.36 bits per heavy atom. The molecule has 1 aromatic heterocycles. The van der Waals surface area contributed by atoms with E-state index < -0.39 is 12.1 Å². The summed E-state index contributed by atoms with van der Waals surface area (Å²) in [6, 6.07) is 5.59. The number of fused-ring (bicyclic) bond motifs is 1. The van der Waals surface area contributed by atoms with Crippen molar-refractivity contribution in [3.05, 3.63) is 34.5 Å². The number of rotatable bonds is 4. The van der Waals surface area contributed by atoms with Gasteiger partial charge in [-0.15, -0.1) is 0 Å². The fraction of sp³-hybridized carbons (Fsp3) is 0.500. The number of aliphatic carboxylic acids is 1. The van der Waals surface area contributed by atoms with E-state index in [1.165, 1.54) is 5.56 Å². The number of hydrogen-bond donors (Lipinski definition) is 5. The number of H-pyrrole nitrogens is 1. The number of nitrogens with two attached hydrogens (primary N) is 1. The number of carboxylic acid groups (broad SMARTS) is 1. The Kier molecular flexibility index (Phi) is 7.86. The largest absolute Gasteiger partial charge is 0.481 e. The van der Waals surface area contributed by atoms with E-state index in [9.17, 15) is 9.90 Å². The minimum absolute atomic E-state index is 0.0106. The van der Waals surface area contributed by atoms with Crippen molar-refractivity contribution in [2.24, 2.45) is 11.7 Å². The third kappa shape index (κ3) is 5.95. The highest BCUT2D eigenvalue weighted by atomic mass is 35.5. The van der Waals surface area contributed by atoms with Gasteiger partial charge in [0.1, 0.15) is 0 Å². The first kappa shape index (κ1) is 22.2. The molecule has 0 radical (unpaired) electrons. The van der Waals surface area contributed by atoms with Crippen molar-refractivity contribution in [1.82, 2.24) is 10.3 Å². The molecule has 0 bridgehead atoms. The second-order valence-corrected chi connectivity index (χ2v) is 7.66. The van der Waals surface area contributed by atoms with Gasteiger partial charge >= 0.3 is 0 Å². The van der Waals surface area contributed by atoms with E-state index in [-0.39, 0.29) is 17.9 Å². The molecule has 3 rings (SSSR count). The van der Waals surface area contributed by atoms with Gasteiger partial charge in [0, 0.05) is 47.0 Å². The average molecular weight is 410 g/mol. The molecule has 6 N–H and O–H groups in total. The number of aliphatic hydroxyl groups excluding tert-OH is 1. The first-order valence-electron chi connectivity index (χ1n) is 9.36. The van der Waals surface area contributed by atoms with Crippen molar-refractivity contribution < 1.29 is 19.8 Å². The van der Waals surface area contributed by atoms with E-state index in [0.717, 1.165) is 36.4 Å².